The molecule has 0 spiro atoms. The predicted molar refractivity (Wildman–Crippen MR) is 113 cm³/mol. The normalized spacial score (nSPS) is 21.3. The summed E-state index contributed by atoms with van der Waals surface area (Å²) in [5, 5.41) is 3.51. The molecule has 29 heavy (non-hydrogen) atoms. The Morgan fingerprint density at radius 1 is 1.14 bits per heavy atom. The fraction of sp³-hybridized carbons (Fsp3) is 0.458. The van der Waals surface area contributed by atoms with Crippen molar-refractivity contribution in [3.63, 3.8) is 0 Å². The van der Waals surface area contributed by atoms with Crippen LogP contribution in [0, 0.1) is 0 Å². The first kappa shape index (κ1) is 19.9. The number of fused-ring (bicyclic) bond motifs is 1. The highest BCUT2D eigenvalue weighted by Crippen LogP contribution is 2.31. The number of likely N-dealkylation sites (tertiary alicyclic amines) is 1. The lowest BCUT2D eigenvalue weighted by atomic mass is 9.97. The van der Waals surface area contributed by atoms with E-state index in [1.54, 1.807) is 7.11 Å². The first-order valence-electron chi connectivity index (χ1n) is 10.6. The van der Waals surface area contributed by atoms with Crippen molar-refractivity contribution in [3.05, 3.63) is 65.2 Å². The molecule has 2 aromatic rings. The van der Waals surface area contributed by atoms with Crippen LogP contribution in [0.4, 0.5) is 0 Å². The molecular formula is C24H30N2O3. The van der Waals surface area contributed by atoms with Crippen molar-refractivity contribution >= 4 is 5.91 Å². The molecule has 2 atom stereocenters. The van der Waals surface area contributed by atoms with Crippen LogP contribution in [0.25, 0.3) is 0 Å². The minimum Gasteiger partial charge on any atom is -0.497 e. The highest BCUT2D eigenvalue weighted by atomic mass is 16.5. The molecule has 1 N–H and O–H groups in total. The maximum atomic E-state index is 12.5. The zero-order valence-electron chi connectivity index (χ0n) is 17.1. The Morgan fingerprint density at radius 2 is 1.97 bits per heavy atom. The summed E-state index contributed by atoms with van der Waals surface area (Å²) in [5.41, 5.74) is 3.83. The van der Waals surface area contributed by atoms with E-state index in [0.717, 1.165) is 44.7 Å². The number of nitrogens with one attached hydrogen (secondary N) is 1. The molecule has 0 aromatic heterocycles. The second-order valence-electron chi connectivity index (χ2n) is 7.86. The third-order valence-corrected chi connectivity index (χ3v) is 6.05. The van der Waals surface area contributed by atoms with Crippen molar-refractivity contribution in [3.8, 4) is 5.75 Å². The molecule has 0 radical (unpaired) electrons. The topological polar surface area (TPSA) is 50.8 Å². The first-order valence-corrected chi connectivity index (χ1v) is 10.6. The number of hydrogen-bond acceptors (Lipinski definition) is 4. The second kappa shape index (κ2) is 9.42. The predicted octanol–water partition coefficient (Wildman–Crippen LogP) is 3.48. The van der Waals surface area contributed by atoms with Gasteiger partial charge in [0.15, 0.2) is 0 Å². The molecule has 1 saturated heterocycles. The molecule has 0 aliphatic carbocycles. The van der Waals surface area contributed by atoms with E-state index in [-0.39, 0.29) is 12.0 Å². The molecule has 0 bridgehead atoms. The fourth-order valence-corrected chi connectivity index (χ4v) is 4.40. The van der Waals surface area contributed by atoms with Crippen molar-refractivity contribution in [1.82, 2.24) is 10.2 Å². The van der Waals surface area contributed by atoms with Gasteiger partial charge >= 0.3 is 0 Å². The van der Waals surface area contributed by atoms with Crippen molar-refractivity contribution < 1.29 is 14.3 Å². The standard InChI is InChI=1S/C24H30N2O3/c1-28-21-9-6-18(7-10-21)16-25-14-12-20-8-11-24(27)26(20)17-23-22-5-3-2-4-19(22)13-15-29-23/h2-7,9-10,20,23,25H,8,11-17H2,1H3/t20-,23+/m0/s1. The summed E-state index contributed by atoms with van der Waals surface area (Å²) >= 11 is 0. The Hall–Kier alpha value is -2.37. The van der Waals surface area contributed by atoms with Crippen LogP contribution in [0.1, 0.15) is 42.1 Å². The summed E-state index contributed by atoms with van der Waals surface area (Å²) in [7, 11) is 1.68. The number of amides is 1. The number of benzene rings is 2. The Balaban J connectivity index is 1.29. The van der Waals surface area contributed by atoms with Crippen LogP contribution in [-0.2, 0) is 22.5 Å². The van der Waals surface area contributed by atoms with E-state index in [9.17, 15) is 4.79 Å². The minimum absolute atomic E-state index is 0.00300. The maximum Gasteiger partial charge on any atom is 0.222 e. The van der Waals surface area contributed by atoms with Gasteiger partial charge in [-0.3, -0.25) is 4.79 Å². The molecule has 154 valence electrons. The van der Waals surface area contributed by atoms with Gasteiger partial charge in [0.1, 0.15) is 11.9 Å². The molecule has 4 rings (SSSR count). The second-order valence-corrected chi connectivity index (χ2v) is 7.86. The van der Waals surface area contributed by atoms with Crippen LogP contribution in [-0.4, -0.2) is 43.7 Å². The molecule has 5 heteroatoms. The van der Waals surface area contributed by atoms with Crippen LogP contribution in [0.15, 0.2) is 48.5 Å². The van der Waals surface area contributed by atoms with E-state index < -0.39 is 0 Å². The Kier molecular flexibility index (Phi) is 6.47. The molecule has 2 aromatic carbocycles. The van der Waals surface area contributed by atoms with Gasteiger partial charge in [-0.05, 0) is 54.6 Å². The van der Waals surface area contributed by atoms with Gasteiger partial charge < -0.3 is 19.7 Å². The van der Waals surface area contributed by atoms with E-state index in [0.29, 0.717) is 19.0 Å². The van der Waals surface area contributed by atoms with Crippen LogP contribution in [0.3, 0.4) is 0 Å². The van der Waals surface area contributed by atoms with E-state index in [1.807, 2.05) is 12.1 Å². The van der Waals surface area contributed by atoms with Crippen LogP contribution < -0.4 is 10.1 Å². The highest BCUT2D eigenvalue weighted by Gasteiger charge is 2.34. The first-order chi connectivity index (χ1) is 14.2. The number of hydrogen-bond donors (Lipinski definition) is 1. The number of methoxy groups -OCH3 is 1. The molecule has 1 fully saturated rings. The number of rotatable bonds is 8. The fourth-order valence-electron chi connectivity index (χ4n) is 4.40. The van der Waals surface area contributed by atoms with Gasteiger partial charge in [-0.2, -0.15) is 0 Å². The zero-order valence-corrected chi connectivity index (χ0v) is 17.1. The van der Waals surface area contributed by atoms with Gasteiger partial charge in [0.05, 0.1) is 20.3 Å². The Morgan fingerprint density at radius 3 is 2.79 bits per heavy atom. The van der Waals surface area contributed by atoms with E-state index >= 15 is 0 Å². The summed E-state index contributed by atoms with van der Waals surface area (Å²) in [6, 6.07) is 16.9. The van der Waals surface area contributed by atoms with Crippen LogP contribution >= 0.6 is 0 Å². The Labute approximate surface area is 173 Å². The molecule has 1 amide bonds. The summed E-state index contributed by atoms with van der Waals surface area (Å²) in [5.74, 6) is 1.14. The minimum atomic E-state index is -0.00300. The quantitative estimate of drug-likeness (QED) is 0.697. The lowest BCUT2D eigenvalue weighted by Crippen LogP contribution is -2.39. The Bertz CT molecular complexity index is 821. The van der Waals surface area contributed by atoms with E-state index in [4.69, 9.17) is 9.47 Å². The lowest BCUT2D eigenvalue weighted by Gasteiger charge is -2.32. The summed E-state index contributed by atoms with van der Waals surface area (Å²) in [4.78, 5) is 14.6. The highest BCUT2D eigenvalue weighted by molar-refractivity contribution is 5.78. The van der Waals surface area contributed by atoms with Crippen molar-refractivity contribution in [2.75, 3.05) is 26.8 Å². The molecule has 2 aliphatic rings. The molecular weight excluding hydrogens is 364 g/mol. The van der Waals surface area contributed by atoms with Gasteiger partial charge in [0.25, 0.3) is 0 Å². The molecule has 5 nitrogen and oxygen atoms in total. The molecule has 2 aliphatic heterocycles. The third kappa shape index (κ3) is 4.80. The lowest BCUT2D eigenvalue weighted by molar-refractivity contribution is -0.131. The number of nitrogens with zero attached hydrogens (tertiary/aromatic N) is 1. The van der Waals surface area contributed by atoms with Crippen LogP contribution in [0.5, 0.6) is 5.75 Å². The molecule has 0 saturated carbocycles. The number of carbonyl (C=O) groups is 1. The largest absolute Gasteiger partial charge is 0.497 e. The van der Waals surface area contributed by atoms with E-state index in [1.165, 1.54) is 16.7 Å². The van der Waals surface area contributed by atoms with Crippen molar-refractivity contribution in [2.45, 2.75) is 44.4 Å². The van der Waals surface area contributed by atoms with Gasteiger partial charge in [-0.25, -0.2) is 0 Å². The SMILES string of the molecule is COc1ccc(CNCC[C@@H]2CCC(=O)N2C[C@H]2OCCc3ccccc32)cc1. The van der Waals surface area contributed by atoms with Crippen molar-refractivity contribution in [2.24, 2.45) is 0 Å². The van der Waals surface area contributed by atoms with Crippen LogP contribution in [0.2, 0.25) is 0 Å². The average Bonchev–Trinajstić information content (AvgIpc) is 3.11. The average molecular weight is 395 g/mol. The van der Waals surface area contributed by atoms with Gasteiger partial charge in [0, 0.05) is 19.0 Å². The van der Waals surface area contributed by atoms with Crippen molar-refractivity contribution in [1.29, 1.82) is 0 Å². The number of carbonyl (C=O) groups excluding carboxylic acids is 1. The zero-order chi connectivity index (χ0) is 20.1. The number of ether oxygens (including phenoxy) is 2. The third-order valence-electron chi connectivity index (χ3n) is 6.05. The summed E-state index contributed by atoms with van der Waals surface area (Å²) in [6.45, 7) is 3.11. The van der Waals surface area contributed by atoms with Gasteiger partial charge in [-0.15, -0.1) is 0 Å². The molecule has 0 unspecified atom stereocenters. The summed E-state index contributed by atoms with van der Waals surface area (Å²) in [6.07, 6.45) is 3.52. The van der Waals surface area contributed by atoms with Gasteiger partial charge in [0.2, 0.25) is 5.91 Å². The van der Waals surface area contributed by atoms with E-state index in [2.05, 4.69) is 46.6 Å². The monoisotopic (exact) mass is 394 g/mol. The maximum absolute atomic E-state index is 12.5. The summed E-state index contributed by atoms with van der Waals surface area (Å²) < 4.78 is 11.2. The molecule has 2 heterocycles. The smallest absolute Gasteiger partial charge is 0.222 e. The van der Waals surface area contributed by atoms with Gasteiger partial charge in [-0.1, -0.05) is 36.4 Å².